The number of halogens is 2. The smallest absolute Gasteiger partial charge is 0.355 e. The fraction of sp³-hybridized carbons (Fsp3) is 0.389. The van der Waals surface area contributed by atoms with Crippen molar-refractivity contribution in [3.05, 3.63) is 82.3 Å². The van der Waals surface area contributed by atoms with Gasteiger partial charge < -0.3 is 19.4 Å². The van der Waals surface area contributed by atoms with Crippen LogP contribution in [0.1, 0.15) is 60.5 Å². The molecule has 1 N–H and O–H groups in total. The Balaban J connectivity index is 1.62. The summed E-state index contributed by atoms with van der Waals surface area (Å²) in [6.07, 6.45) is 3.95. The maximum Gasteiger partial charge on any atom is 0.355 e. The largest absolute Gasteiger partial charge is 0.493 e. The molecule has 0 aliphatic carbocycles. The second-order valence-electron chi connectivity index (χ2n) is 11.1. The van der Waals surface area contributed by atoms with Gasteiger partial charge in [0.2, 0.25) is 0 Å². The highest BCUT2D eigenvalue weighted by atomic mass is 35.5. The van der Waals surface area contributed by atoms with E-state index in [1.54, 1.807) is 0 Å². The fourth-order valence-corrected chi connectivity index (χ4v) is 6.81. The third-order valence-corrected chi connectivity index (χ3v) is 8.90. The summed E-state index contributed by atoms with van der Waals surface area (Å²) < 4.78 is 16.0. The molecule has 0 atom stereocenters. The van der Waals surface area contributed by atoms with Gasteiger partial charge in [-0.2, -0.15) is 5.10 Å². The lowest BCUT2D eigenvalue weighted by molar-refractivity contribution is 0.0512. The molecule has 0 unspecified atom stereocenters. The normalized spacial score (nSPS) is 11.5. The number of nitrogens with one attached hydrogen (secondary N) is 1. The van der Waals surface area contributed by atoms with Gasteiger partial charge in [0.25, 0.3) is 0 Å². The molecule has 0 amide bonds. The lowest BCUT2D eigenvalue weighted by Gasteiger charge is -2.15. The van der Waals surface area contributed by atoms with Crippen molar-refractivity contribution in [2.24, 2.45) is 7.05 Å². The number of hydrogen-bond donors (Lipinski definition) is 1. The summed E-state index contributed by atoms with van der Waals surface area (Å²) in [6, 6.07) is 18.3. The summed E-state index contributed by atoms with van der Waals surface area (Å²) >= 11 is 13.5. The Bertz CT molecular complexity index is 1790. The molecule has 0 aliphatic rings. The third kappa shape index (κ3) is 6.71. The second kappa shape index (κ2) is 15.2. The Labute approximate surface area is 275 Å². The molecule has 0 aliphatic heterocycles. The number of ether oxygens (including phenoxy) is 2. The van der Waals surface area contributed by atoms with E-state index in [9.17, 15) is 4.79 Å². The van der Waals surface area contributed by atoms with Crippen molar-refractivity contribution < 1.29 is 14.3 Å². The van der Waals surface area contributed by atoms with Gasteiger partial charge in [0.05, 0.1) is 35.3 Å². The molecule has 0 saturated heterocycles. The number of carbonyl (C=O) groups is 1. The van der Waals surface area contributed by atoms with Crippen LogP contribution in [0.4, 0.5) is 0 Å². The number of unbranched alkanes of at least 4 members (excludes halogenated alkanes) is 1. The standard InChI is InChI=1S/C36H42Cl2N4O3/c1-5-30-33(29(23-37)40-41(30)4)32-28(38)19-18-27-26(16-12-22-45-31-17-11-14-24-13-7-8-15-25(24)31)35(36(43)44-6-2)42(34(27)32)21-10-9-20-39-3/h7-8,11,13-15,17-19,39H,5-6,9-10,12,16,20-23H2,1-4H3. The predicted octanol–water partition coefficient (Wildman–Crippen LogP) is 8.34. The van der Waals surface area contributed by atoms with Crippen LogP contribution in [0.15, 0.2) is 54.6 Å². The van der Waals surface area contributed by atoms with Crippen LogP contribution < -0.4 is 10.1 Å². The van der Waals surface area contributed by atoms with Gasteiger partial charge in [-0.15, -0.1) is 11.6 Å². The minimum Gasteiger partial charge on any atom is -0.493 e. The number of benzene rings is 3. The van der Waals surface area contributed by atoms with Crippen LogP contribution >= 0.6 is 23.2 Å². The zero-order chi connectivity index (χ0) is 31.9. The predicted molar refractivity (Wildman–Crippen MR) is 185 cm³/mol. The van der Waals surface area contributed by atoms with E-state index in [4.69, 9.17) is 37.8 Å². The van der Waals surface area contributed by atoms with Gasteiger partial charge in [0.1, 0.15) is 11.4 Å². The Morgan fingerprint density at radius 3 is 2.53 bits per heavy atom. The van der Waals surface area contributed by atoms with E-state index in [1.165, 1.54) is 0 Å². The van der Waals surface area contributed by atoms with Crippen LogP contribution in [0.25, 0.3) is 32.8 Å². The van der Waals surface area contributed by atoms with Crippen molar-refractivity contribution in [1.82, 2.24) is 19.7 Å². The quantitative estimate of drug-likeness (QED) is 0.0702. The van der Waals surface area contributed by atoms with Gasteiger partial charge in [0.15, 0.2) is 0 Å². The average molecular weight is 650 g/mol. The van der Waals surface area contributed by atoms with Crippen molar-refractivity contribution in [2.75, 3.05) is 26.8 Å². The van der Waals surface area contributed by atoms with Gasteiger partial charge in [0, 0.05) is 41.2 Å². The maximum absolute atomic E-state index is 13.8. The molecule has 0 saturated carbocycles. The van der Waals surface area contributed by atoms with Crippen molar-refractivity contribution in [2.45, 2.75) is 58.4 Å². The summed E-state index contributed by atoms with van der Waals surface area (Å²) in [5, 5.41) is 11.8. The minimum atomic E-state index is -0.325. The van der Waals surface area contributed by atoms with Gasteiger partial charge in [-0.3, -0.25) is 4.68 Å². The van der Waals surface area contributed by atoms with Crippen molar-refractivity contribution in [1.29, 1.82) is 0 Å². The number of alkyl halides is 1. The highest BCUT2D eigenvalue weighted by molar-refractivity contribution is 6.35. The maximum atomic E-state index is 13.8. The Morgan fingerprint density at radius 2 is 1.78 bits per heavy atom. The third-order valence-electron chi connectivity index (χ3n) is 8.33. The molecule has 238 valence electrons. The van der Waals surface area contributed by atoms with Crippen LogP contribution in [0.3, 0.4) is 0 Å². The Morgan fingerprint density at radius 1 is 0.978 bits per heavy atom. The Hall–Kier alpha value is -3.52. The first kappa shape index (κ1) is 32.9. The molecule has 2 aromatic heterocycles. The fourth-order valence-electron chi connectivity index (χ4n) is 6.37. The SMILES string of the molecule is CCOC(=O)c1c(CCCOc2cccc3ccccc23)c2ccc(Cl)c(-c3c(CCl)nn(C)c3CC)c2n1CCCCNC. The summed E-state index contributed by atoms with van der Waals surface area (Å²) in [7, 11) is 3.89. The number of nitrogens with zero attached hydrogens (tertiary/aromatic N) is 3. The number of carbonyl (C=O) groups excluding carboxylic acids is 1. The monoisotopic (exact) mass is 648 g/mol. The molecule has 9 heteroatoms. The number of hydrogen-bond acceptors (Lipinski definition) is 5. The summed E-state index contributed by atoms with van der Waals surface area (Å²) in [4.78, 5) is 13.8. The lowest BCUT2D eigenvalue weighted by atomic mass is 9.97. The molecule has 0 bridgehead atoms. The molecule has 7 nitrogen and oxygen atoms in total. The molecular weight excluding hydrogens is 607 g/mol. The van der Waals surface area contributed by atoms with Crippen LogP contribution in [0, 0.1) is 0 Å². The van der Waals surface area contributed by atoms with E-state index in [-0.39, 0.29) is 18.5 Å². The number of fused-ring (bicyclic) bond motifs is 2. The summed E-state index contributed by atoms with van der Waals surface area (Å²) in [6.45, 7) is 6.27. The molecule has 0 radical (unpaired) electrons. The van der Waals surface area contributed by atoms with Crippen LogP contribution in [0.5, 0.6) is 5.75 Å². The van der Waals surface area contributed by atoms with Crippen LogP contribution in [-0.2, 0) is 37.1 Å². The minimum absolute atomic E-state index is 0.252. The molecule has 45 heavy (non-hydrogen) atoms. The van der Waals surface area contributed by atoms with E-state index < -0.39 is 0 Å². The van der Waals surface area contributed by atoms with Crippen molar-refractivity contribution >= 4 is 50.8 Å². The lowest BCUT2D eigenvalue weighted by Crippen LogP contribution is -2.16. The molecule has 3 aromatic carbocycles. The molecule has 2 heterocycles. The van der Waals surface area contributed by atoms with E-state index in [0.29, 0.717) is 36.7 Å². The van der Waals surface area contributed by atoms with Crippen LogP contribution in [0.2, 0.25) is 5.02 Å². The zero-order valence-corrected chi connectivity index (χ0v) is 28.1. The Kier molecular flexibility index (Phi) is 11.1. The molecule has 5 aromatic rings. The van der Waals surface area contributed by atoms with Gasteiger partial charge in [-0.05, 0) is 75.7 Å². The van der Waals surface area contributed by atoms with Crippen molar-refractivity contribution in [3.63, 3.8) is 0 Å². The van der Waals surface area contributed by atoms with Gasteiger partial charge in [-0.25, -0.2) is 4.79 Å². The zero-order valence-electron chi connectivity index (χ0n) is 26.6. The van der Waals surface area contributed by atoms with Gasteiger partial charge >= 0.3 is 5.97 Å². The number of esters is 1. The van der Waals surface area contributed by atoms with Crippen molar-refractivity contribution in [3.8, 4) is 16.9 Å². The first-order valence-electron chi connectivity index (χ1n) is 15.8. The summed E-state index contributed by atoms with van der Waals surface area (Å²) in [5.41, 5.74) is 6.09. The average Bonchev–Trinajstić information content (AvgIpc) is 3.54. The van der Waals surface area contributed by atoms with Crippen LogP contribution in [-0.4, -0.2) is 47.1 Å². The highest BCUT2D eigenvalue weighted by Gasteiger charge is 2.29. The first-order valence-corrected chi connectivity index (χ1v) is 16.7. The van der Waals surface area contributed by atoms with E-state index in [1.807, 2.05) is 62.1 Å². The number of aryl methyl sites for hydroxylation is 3. The topological polar surface area (TPSA) is 70.3 Å². The number of rotatable bonds is 15. The summed E-state index contributed by atoms with van der Waals surface area (Å²) in [5.74, 6) is 0.785. The molecule has 0 spiro atoms. The molecule has 0 fully saturated rings. The molecule has 5 rings (SSSR count). The first-order chi connectivity index (χ1) is 21.9. The van der Waals surface area contributed by atoms with Gasteiger partial charge in [-0.1, -0.05) is 61.0 Å². The molecular formula is C36H42Cl2N4O3. The number of aromatic nitrogens is 3. The van der Waals surface area contributed by atoms with E-state index in [0.717, 1.165) is 81.3 Å². The second-order valence-corrected chi connectivity index (χ2v) is 11.8. The van der Waals surface area contributed by atoms with E-state index >= 15 is 0 Å². The van der Waals surface area contributed by atoms with E-state index in [2.05, 4.69) is 35.0 Å². The highest BCUT2D eigenvalue weighted by Crippen LogP contribution is 2.43.